The predicted molar refractivity (Wildman–Crippen MR) is 110 cm³/mol. The zero-order valence-corrected chi connectivity index (χ0v) is 17.0. The van der Waals surface area contributed by atoms with Crippen molar-refractivity contribution in [1.82, 2.24) is 20.6 Å². The molecule has 1 amide bonds. The number of carbonyl (C=O) groups is 1. The topological polar surface area (TPSA) is 110 Å². The number of aliphatic hydroxyl groups is 1. The molecule has 0 bridgehead atoms. The van der Waals surface area contributed by atoms with Crippen LogP contribution in [0.2, 0.25) is 0 Å². The first kappa shape index (κ1) is 20.0. The van der Waals surface area contributed by atoms with Crippen molar-refractivity contribution in [2.24, 2.45) is 5.92 Å². The second kappa shape index (κ2) is 8.23. The molecule has 2 N–H and O–H groups in total. The summed E-state index contributed by atoms with van der Waals surface area (Å²) in [6.45, 7) is 4.15. The van der Waals surface area contributed by atoms with Crippen LogP contribution in [0, 0.1) is 5.92 Å². The molecule has 156 valence electrons. The number of allylic oxidation sites excluding steroid dienone is 1. The number of hydrogen-bond acceptors (Lipinski definition) is 7. The molecule has 1 aliphatic carbocycles. The van der Waals surface area contributed by atoms with E-state index in [-0.39, 0.29) is 17.7 Å². The quantitative estimate of drug-likeness (QED) is 0.599. The molecule has 1 atom stereocenters. The fraction of sp³-hybridized carbons (Fsp3) is 0.364. The Hall–Kier alpha value is -3.26. The van der Waals surface area contributed by atoms with Crippen molar-refractivity contribution in [2.75, 3.05) is 6.54 Å². The van der Waals surface area contributed by atoms with Gasteiger partial charge >= 0.3 is 0 Å². The standard InChI is InChI=1S/C22H24N4O4/c1-22(2,28)15-7-5-14(6-8-15)13-24-20(27)17-4-3-11-23-21(17)29-16-9-10-18-19(12-16)26-30-25-18/h3-5,9-12,15,28H,6-8,13H2,1-2H3,(H,24,27). The molecule has 0 saturated carbocycles. The number of pyridine rings is 1. The van der Waals surface area contributed by atoms with E-state index in [1.54, 1.807) is 36.5 Å². The Morgan fingerprint density at radius 1 is 1.30 bits per heavy atom. The van der Waals surface area contributed by atoms with Crippen LogP contribution in [0.15, 0.2) is 52.8 Å². The largest absolute Gasteiger partial charge is 0.438 e. The first-order valence-electron chi connectivity index (χ1n) is 9.94. The Bertz CT molecular complexity index is 1080. The number of hydrogen-bond donors (Lipinski definition) is 2. The normalized spacial score (nSPS) is 16.9. The van der Waals surface area contributed by atoms with Crippen LogP contribution in [0.4, 0.5) is 0 Å². The summed E-state index contributed by atoms with van der Waals surface area (Å²) >= 11 is 0. The Morgan fingerprint density at radius 3 is 2.90 bits per heavy atom. The zero-order valence-electron chi connectivity index (χ0n) is 17.0. The van der Waals surface area contributed by atoms with Crippen LogP contribution in [0.5, 0.6) is 11.6 Å². The molecule has 1 aromatic carbocycles. The minimum absolute atomic E-state index is 0.213. The lowest BCUT2D eigenvalue weighted by atomic mass is 9.79. The van der Waals surface area contributed by atoms with Crippen LogP contribution in [-0.4, -0.2) is 38.5 Å². The second-order valence-corrected chi connectivity index (χ2v) is 8.04. The Morgan fingerprint density at radius 2 is 2.13 bits per heavy atom. The molecule has 0 fully saturated rings. The third-order valence-corrected chi connectivity index (χ3v) is 5.44. The number of benzene rings is 1. The van der Waals surface area contributed by atoms with Gasteiger partial charge in [-0.2, -0.15) is 0 Å². The lowest BCUT2D eigenvalue weighted by Crippen LogP contribution is -2.33. The average molecular weight is 408 g/mol. The predicted octanol–water partition coefficient (Wildman–Crippen LogP) is 3.64. The maximum atomic E-state index is 12.8. The number of amides is 1. The highest BCUT2D eigenvalue weighted by Gasteiger charge is 2.28. The molecule has 0 aliphatic heterocycles. The van der Waals surface area contributed by atoms with Crippen molar-refractivity contribution in [3.63, 3.8) is 0 Å². The molecule has 3 aromatic rings. The molecule has 1 aliphatic rings. The highest BCUT2D eigenvalue weighted by atomic mass is 16.6. The fourth-order valence-corrected chi connectivity index (χ4v) is 3.56. The summed E-state index contributed by atoms with van der Waals surface area (Å²) in [5.41, 5.74) is 2.01. The molecule has 0 saturated heterocycles. The molecule has 8 nitrogen and oxygen atoms in total. The van der Waals surface area contributed by atoms with Crippen molar-refractivity contribution >= 4 is 16.9 Å². The third kappa shape index (κ3) is 4.49. The van der Waals surface area contributed by atoms with Gasteiger partial charge < -0.3 is 15.2 Å². The number of nitrogens with one attached hydrogen (secondary N) is 1. The fourth-order valence-electron chi connectivity index (χ4n) is 3.56. The van der Waals surface area contributed by atoms with Gasteiger partial charge in [-0.1, -0.05) is 11.6 Å². The average Bonchev–Trinajstić information content (AvgIpc) is 3.20. The van der Waals surface area contributed by atoms with Crippen molar-refractivity contribution in [3.05, 3.63) is 53.7 Å². The number of ether oxygens (including phenoxy) is 1. The molecule has 2 aromatic heterocycles. The molecule has 30 heavy (non-hydrogen) atoms. The van der Waals surface area contributed by atoms with Gasteiger partial charge in [0.15, 0.2) is 0 Å². The van der Waals surface area contributed by atoms with Crippen LogP contribution < -0.4 is 10.1 Å². The third-order valence-electron chi connectivity index (χ3n) is 5.44. The van der Waals surface area contributed by atoms with E-state index in [9.17, 15) is 9.90 Å². The molecule has 0 radical (unpaired) electrons. The zero-order chi connectivity index (χ0) is 21.1. The van der Waals surface area contributed by atoms with E-state index in [0.717, 1.165) is 19.3 Å². The molecule has 2 heterocycles. The monoisotopic (exact) mass is 408 g/mol. The first-order chi connectivity index (χ1) is 14.4. The van der Waals surface area contributed by atoms with Gasteiger partial charge in [0.05, 0.1) is 5.60 Å². The maximum absolute atomic E-state index is 12.8. The van der Waals surface area contributed by atoms with Gasteiger partial charge in [0.1, 0.15) is 22.3 Å². The van der Waals surface area contributed by atoms with Gasteiger partial charge in [-0.05, 0) is 73.6 Å². The highest BCUT2D eigenvalue weighted by molar-refractivity contribution is 5.96. The summed E-state index contributed by atoms with van der Waals surface area (Å²) in [4.78, 5) is 17.0. The minimum Gasteiger partial charge on any atom is -0.438 e. The van der Waals surface area contributed by atoms with Gasteiger partial charge in [0.25, 0.3) is 5.91 Å². The number of carbonyl (C=O) groups excluding carboxylic acids is 1. The van der Waals surface area contributed by atoms with E-state index in [1.807, 2.05) is 13.8 Å². The Labute approximate surface area is 173 Å². The minimum atomic E-state index is -0.682. The number of rotatable bonds is 6. The van der Waals surface area contributed by atoms with Crippen LogP contribution in [0.25, 0.3) is 11.0 Å². The van der Waals surface area contributed by atoms with Gasteiger partial charge in [0.2, 0.25) is 5.88 Å². The van der Waals surface area contributed by atoms with Crippen molar-refractivity contribution in [3.8, 4) is 11.6 Å². The van der Waals surface area contributed by atoms with E-state index in [2.05, 4.69) is 26.7 Å². The smallest absolute Gasteiger partial charge is 0.257 e. The summed E-state index contributed by atoms with van der Waals surface area (Å²) in [7, 11) is 0. The van der Waals surface area contributed by atoms with Crippen LogP contribution in [0.3, 0.4) is 0 Å². The summed E-state index contributed by atoms with van der Waals surface area (Å²) in [6, 6.07) is 8.48. The lowest BCUT2D eigenvalue weighted by Gasteiger charge is -2.32. The number of nitrogens with zero attached hydrogens (tertiary/aromatic N) is 3. The Balaban J connectivity index is 1.42. The summed E-state index contributed by atoms with van der Waals surface area (Å²) in [5, 5.41) is 20.7. The van der Waals surface area contributed by atoms with Gasteiger partial charge in [-0.3, -0.25) is 4.79 Å². The van der Waals surface area contributed by atoms with Crippen LogP contribution >= 0.6 is 0 Å². The Kier molecular flexibility index (Phi) is 5.50. The summed E-state index contributed by atoms with van der Waals surface area (Å²) < 4.78 is 10.5. The molecule has 0 spiro atoms. The van der Waals surface area contributed by atoms with Gasteiger partial charge in [-0.25, -0.2) is 9.61 Å². The molecule has 8 heteroatoms. The lowest BCUT2D eigenvalue weighted by molar-refractivity contribution is 0.0125. The highest BCUT2D eigenvalue weighted by Crippen LogP contribution is 2.31. The second-order valence-electron chi connectivity index (χ2n) is 8.04. The van der Waals surface area contributed by atoms with Gasteiger partial charge in [0, 0.05) is 18.8 Å². The van der Waals surface area contributed by atoms with E-state index >= 15 is 0 Å². The molecule has 1 unspecified atom stereocenters. The van der Waals surface area contributed by atoms with E-state index in [0.29, 0.717) is 28.9 Å². The summed E-state index contributed by atoms with van der Waals surface area (Å²) in [5.74, 6) is 0.685. The van der Waals surface area contributed by atoms with E-state index in [4.69, 9.17) is 9.37 Å². The molecular weight excluding hydrogens is 384 g/mol. The van der Waals surface area contributed by atoms with Crippen LogP contribution in [-0.2, 0) is 0 Å². The van der Waals surface area contributed by atoms with Gasteiger partial charge in [-0.15, -0.1) is 0 Å². The van der Waals surface area contributed by atoms with E-state index < -0.39 is 5.60 Å². The number of fused-ring (bicyclic) bond motifs is 1. The maximum Gasteiger partial charge on any atom is 0.257 e. The van der Waals surface area contributed by atoms with Crippen molar-refractivity contribution in [2.45, 2.75) is 38.7 Å². The van der Waals surface area contributed by atoms with Crippen molar-refractivity contribution < 1.29 is 19.3 Å². The SMILES string of the molecule is CC(C)(O)C1CC=C(CNC(=O)c2cccnc2Oc2ccc3nonc3c2)CC1. The van der Waals surface area contributed by atoms with Crippen LogP contribution in [0.1, 0.15) is 43.5 Å². The van der Waals surface area contributed by atoms with Crippen molar-refractivity contribution in [1.29, 1.82) is 0 Å². The molecule has 4 rings (SSSR count). The summed E-state index contributed by atoms with van der Waals surface area (Å²) in [6.07, 6.45) is 6.27. The van der Waals surface area contributed by atoms with E-state index in [1.165, 1.54) is 5.57 Å². The first-order valence-corrected chi connectivity index (χ1v) is 9.94. The molecular formula is C22H24N4O4. The number of aromatic nitrogens is 3.